The lowest BCUT2D eigenvalue weighted by Crippen LogP contribution is -2.51. The smallest absolute Gasteiger partial charge is 0.225 e. The molecule has 0 radical (unpaired) electrons. The van der Waals surface area contributed by atoms with E-state index in [1.807, 2.05) is 47.4 Å². The molecule has 3 aliphatic rings. The molecule has 5 rings (SSSR count). The second kappa shape index (κ2) is 6.16. The molecule has 1 aliphatic carbocycles. The topological polar surface area (TPSA) is 45.1 Å². The first-order chi connectivity index (χ1) is 12.8. The van der Waals surface area contributed by atoms with Crippen LogP contribution in [0.15, 0.2) is 53.5 Å². The Morgan fingerprint density at radius 1 is 0.923 bits per heavy atom. The monoisotopic (exact) mass is 347 g/mol. The van der Waals surface area contributed by atoms with Crippen LogP contribution in [0.25, 0.3) is 0 Å². The van der Waals surface area contributed by atoms with Crippen LogP contribution in [0, 0.1) is 5.92 Å². The number of hydrogen-bond acceptors (Lipinski definition) is 4. The van der Waals surface area contributed by atoms with E-state index in [0.717, 1.165) is 67.6 Å². The molecule has 5 heteroatoms. The number of para-hydroxylation sites is 3. The van der Waals surface area contributed by atoms with Gasteiger partial charge < -0.3 is 14.5 Å². The molecule has 1 saturated heterocycles. The van der Waals surface area contributed by atoms with Crippen LogP contribution in [0.3, 0.4) is 0 Å². The zero-order valence-electron chi connectivity index (χ0n) is 14.6. The van der Waals surface area contributed by atoms with E-state index in [2.05, 4.69) is 11.0 Å². The fourth-order valence-corrected chi connectivity index (χ4v) is 3.64. The Kier molecular flexibility index (Phi) is 3.66. The molecule has 2 aromatic carbocycles. The van der Waals surface area contributed by atoms with Crippen LogP contribution < -0.4 is 4.74 Å². The normalized spacial score (nSPS) is 19.0. The molecule has 0 atom stereocenters. The van der Waals surface area contributed by atoms with Gasteiger partial charge >= 0.3 is 0 Å². The summed E-state index contributed by atoms with van der Waals surface area (Å²) in [6, 6.07) is 15.9. The zero-order chi connectivity index (χ0) is 17.5. The highest BCUT2D eigenvalue weighted by Gasteiger charge is 2.35. The van der Waals surface area contributed by atoms with E-state index in [4.69, 9.17) is 9.73 Å². The molecule has 26 heavy (non-hydrogen) atoms. The summed E-state index contributed by atoms with van der Waals surface area (Å²) >= 11 is 0. The van der Waals surface area contributed by atoms with Gasteiger partial charge in [0.15, 0.2) is 5.75 Å². The molecule has 132 valence electrons. The van der Waals surface area contributed by atoms with Crippen molar-refractivity contribution in [3.05, 3.63) is 54.1 Å². The molecule has 0 unspecified atom stereocenters. The summed E-state index contributed by atoms with van der Waals surface area (Å²) in [5.41, 5.74) is 1.85. The largest absolute Gasteiger partial charge is 0.454 e. The number of amidine groups is 1. The number of carbonyl (C=O) groups excluding carboxylic acids is 1. The quantitative estimate of drug-likeness (QED) is 0.794. The highest BCUT2D eigenvalue weighted by atomic mass is 16.5. The fourth-order valence-electron chi connectivity index (χ4n) is 3.64. The van der Waals surface area contributed by atoms with Crippen LogP contribution in [0.2, 0.25) is 0 Å². The Morgan fingerprint density at radius 3 is 2.38 bits per heavy atom. The van der Waals surface area contributed by atoms with Crippen molar-refractivity contribution in [2.75, 3.05) is 26.2 Å². The highest BCUT2D eigenvalue weighted by molar-refractivity contribution is 6.03. The molecule has 5 nitrogen and oxygen atoms in total. The predicted octanol–water partition coefficient (Wildman–Crippen LogP) is 3.42. The van der Waals surface area contributed by atoms with Crippen molar-refractivity contribution in [2.45, 2.75) is 12.8 Å². The minimum atomic E-state index is 0.290. The molecule has 0 N–H and O–H groups in total. The highest BCUT2D eigenvalue weighted by Crippen LogP contribution is 2.38. The summed E-state index contributed by atoms with van der Waals surface area (Å²) in [6.07, 6.45) is 2.13. The van der Waals surface area contributed by atoms with Gasteiger partial charge in [0.25, 0.3) is 0 Å². The second-order valence-electron chi connectivity index (χ2n) is 7.09. The number of fused-ring (bicyclic) bond motifs is 2. The van der Waals surface area contributed by atoms with Gasteiger partial charge in [0.05, 0.1) is 5.56 Å². The van der Waals surface area contributed by atoms with Crippen LogP contribution in [-0.4, -0.2) is 47.7 Å². The van der Waals surface area contributed by atoms with Gasteiger partial charge in [0, 0.05) is 32.1 Å². The van der Waals surface area contributed by atoms with Crippen molar-refractivity contribution in [1.82, 2.24) is 9.80 Å². The third kappa shape index (κ3) is 2.73. The standard InChI is InChI=1S/C21H21N3O2/c25-21(15-9-10-15)24-13-11-23(12-14-24)20-16-5-1-3-7-18(16)26-19-8-4-2-6-17(19)22-20/h1-8,15H,9-14H2. The zero-order valence-corrected chi connectivity index (χ0v) is 14.6. The van der Waals surface area contributed by atoms with Gasteiger partial charge in [0.2, 0.25) is 5.91 Å². The van der Waals surface area contributed by atoms with Crippen molar-refractivity contribution in [2.24, 2.45) is 10.9 Å². The number of aliphatic imine (C=N–C) groups is 1. The molecule has 1 saturated carbocycles. The fraction of sp³-hybridized carbons (Fsp3) is 0.333. The van der Waals surface area contributed by atoms with Gasteiger partial charge in [-0.15, -0.1) is 0 Å². The van der Waals surface area contributed by atoms with Gasteiger partial charge in [-0.3, -0.25) is 4.79 Å². The van der Waals surface area contributed by atoms with Gasteiger partial charge in [-0.25, -0.2) is 4.99 Å². The van der Waals surface area contributed by atoms with Crippen molar-refractivity contribution in [1.29, 1.82) is 0 Å². The first-order valence-corrected chi connectivity index (χ1v) is 9.28. The lowest BCUT2D eigenvalue weighted by atomic mass is 10.1. The molecular formula is C21H21N3O2. The summed E-state index contributed by atoms with van der Waals surface area (Å²) in [7, 11) is 0. The van der Waals surface area contributed by atoms with E-state index < -0.39 is 0 Å². The Labute approximate surface area is 152 Å². The molecule has 0 spiro atoms. The number of amides is 1. The lowest BCUT2D eigenvalue weighted by Gasteiger charge is -2.36. The summed E-state index contributed by atoms with van der Waals surface area (Å²) in [5, 5.41) is 0. The molecule has 0 bridgehead atoms. The number of nitrogens with zero attached hydrogens (tertiary/aromatic N) is 3. The SMILES string of the molecule is O=C(C1CC1)N1CCN(C2=Nc3ccccc3Oc3ccccc32)CC1. The average molecular weight is 347 g/mol. The number of piperazine rings is 1. The molecule has 1 amide bonds. The van der Waals surface area contributed by atoms with Gasteiger partial charge in [0.1, 0.15) is 17.3 Å². The maximum atomic E-state index is 12.3. The molecule has 0 aromatic heterocycles. The summed E-state index contributed by atoms with van der Waals surface area (Å²) in [5.74, 6) is 3.16. The van der Waals surface area contributed by atoms with Crippen molar-refractivity contribution < 1.29 is 9.53 Å². The Bertz CT molecular complexity index is 880. The number of benzene rings is 2. The molecule has 2 fully saturated rings. The Morgan fingerprint density at radius 2 is 1.62 bits per heavy atom. The van der Waals surface area contributed by atoms with Gasteiger partial charge in [-0.2, -0.15) is 0 Å². The predicted molar refractivity (Wildman–Crippen MR) is 100 cm³/mol. The van der Waals surface area contributed by atoms with E-state index >= 15 is 0 Å². The molecule has 2 heterocycles. The van der Waals surface area contributed by atoms with E-state index in [9.17, 15) is 4.79 Å². The van der Waals surface area contributed by atoms with E-state index in [1.54, 1.807) is 0 Å². The Balaban J connectivity index is 1.45. The summed E-state index contributed by atoms with van der Waals surface area (Å²) in [4.78, 5) is 21.5. The molecular weight excluding hydrogens is 326 g/mol. The molecule has 2 aromatic rings. The third-order valence-corrected chi connectivity index (χ3v) is 5.26. The van der Waals surface area contributed by atoms with Crippen LogP contribution in [-0.2, 0) is 4.79 Å². The first kappa shape index (κ1) is 15.4. The Hall–Kier alpha value is -2.82. The minimum absolute atomic E-state index is 0.290. The van der Waals surface area contributed by atoms with Crippen LogP contribution in [0.4, 0.5) is 5.69 Å². The maximum absolute atomic E-state index is 12.3. The van der Waals surface area contributed by atoms with Crippen molar-refractivity contribution in [3.63, 3.8) is 0 Å². The number of hydrogen-bond donors (Lipinski definition) is 0. The summed E-state index contributed by atoms with van der Waals surface area (Å²) in [6.45, 7) is 3.12. The van der Waals surface area contributed by atoms with Crippen molar-refractivity contribution in [3.8, 4) is 11.5 Å². The third-order valence-electron chi connectivity index (χ3n) is 5.26. The minimum Gasteiger partial charge on any atom is -0.454 e. The second-order valence-corrected chi connectivity index (χ2v) is 7.09. The lowest BCUT2D eigenvalue weighted by molar-refractivity contribution is -0.133. The van der Waals surface area contributed by atoms with Gasteiger partial charge in [-0.05, 0) is 37.1 Å². The molecule has 2 aliphatic heterocycles. The average Bonchev–Trinajstić information content (AvgIpc) is 3.53. The number of rotatable bonds is 1. The van der Waals surface area contributed by atoms with Gasteiger partial charge in [-0.1, -0.05) is 24.3 Å². The van der Waals surface area contributed by atoms with Crippen LogP contribution in [0.1, 0.15) is 18.4 Å². The number of carbonyl (C=O) groups is 1. The van der Waals surface area contributed by atoms with E-state index in [0.29, 0.717) is 5.91 Å². The number of ether oxygens (including phenoxy) is 1. The summed E-state index contributed by atoms with van der Waals surface area (Å²) < 4.78 is 6.12. The maximum Gasteiger partial charge on any atom is 0.225 e. The van der Waals surface area contributed by atoms with Crippen LogP contribution >= 0.6 is 0 Å². The van der Waals surface area contributed by atoms with Crippen LogP contribution in [0.5, 0.6) is 11.5 Å². The van der Waals surface area contributed by atoms with E-state index in [1.165, 1.54) is 0 Å². The van der Waals surface area contributed by atoms with Crippen molar-refractivity contribution >= 4 is 17.4 Å². The van der Waals surface area contributed by atoms with E-state index in [-0.39, 0.29) is 5.92 Å². The first-order valence-electron chi connectivity index (χ1n) is 9.28.